The highest BCUT2D eigenvalue weighted by molar-refractivity contribution is 5.96. The molecule has 0 unspecified atom stereocenters. The molecule has 17 heavy (non-hydrogen) atoms. The number of carbonyl (C=O) groups excluding carboxylic acids is 1. The number of nitrogens with two attached hydrogens (primary N) is 1. The van der Waals surface area contributed by atoms with Crippen molar-refractivity contribution in [3.63, 3.8) is 0 Å². The second kappa shape index (κ2) is 6.68. The third kappa shape index (κ3) is 5.03. The monoisotopic (exact) mass is 230 g/mol. The molecular weight excluding hydrogens is 220 g/mol. The van der Waals surface area contributed by atoms with Gasteiger partial charge < -0.3 is 5.73 Å². The highest BCUT2D eigenvalue weighted by Crippen LogP contribution is 2.09. The molecule has 0 aliphatic heterocycles. The fourth-order valence-electron chi connectivity index (χ4n) is 0.901. The smallest absolute Gasteiger partial charge is 0.240 e. The van der Waals surface area contributed by atoms with Crippen LogP contribution >= 0.6 is 0 Å². The van der Waals surface area contributed by atoms with Crippen LogP contribution in [0.2, 0.25) is 0 Å². The van der Waals surface area contributed by atoms with Crippen LogP contribution in [-0.4, -0.2) is 11.9 Å². The zero-order chi connectivity index (χ0) is 12.5. The molecule has 0 saturated heterocycles. The van der Waals surface area contributed by atoms with E-state index < -0.39 is 5.91 Å². The minimum atomic E-state index is -0.538. The van der Waals surface area contributed by atoms with Crippen molar-refractivity contribution in [2.45, 2.75) is 6.42 Å². The van der Waals surface area contributed by atoms with E-state index in [1.165, 1.54) is 0 Å². The Labute approximate surface area is 97.6 Å². The summed E-state index contributed by atoms with van der Waals surface area (Å²) in [5.74, 6) is -0.742. The maximum absolute atomic E-state index is 10.9. The van der Waals surface area contributed by atoms with Crippen molar-refractivity contribution in [1.29, 1.82) is 5.26 Å². The Balaban J connectivity index is 2.51. The summed E-state index contributed by atoms with van der Waals surface area (Å²) in [5, 5.41) is 21.1. The summed E-state index contributed by atoms with van der Waals surface area (Å²) in [7, 11) is 0. The largest absolute Gasteiger partial charge is 0.368 e. The highest BCUT2D eigenvalue weighted by atomic mass is 16.1. The van der Waals surface area contributed by atoms with E-state index in [-0.39, 0.29) is 12.4 Å². The molecule has 1 aromatic rings. The predicted molar refractivity (Wildman–Crippen MR) is 61.0 cm³/mol. The molecule has 0 heterocycles. The van der Waals surface area contributed by atoms with Gasteiger partial charge in [-0.05, 0) is 17.4 Å². The second-order valence-corrected chi connectivity index (χ2v) is 2.89. The van der Waals surface area contributed by atoms with E-state index in [4.69, 9.17) is 11.0 Å². The van der Waals surface area contributed by atoms with Crippen molar-refractivity contribution >= 4 is 17.6 Å². The SMILES string of the molecule is N#CCC(=O)N/C(N)=N\N=N\c1ccccc1. The first-order valence-electron chi connectivity index (χ1n) is 4.68. The van der Waals surface area contributed by atoms with Crippen molar-refractivity contribution in [3.8, 4) is 6.07 Å². The van der Waals surface area contributed by atoms with Crippen LogP contribution in [0.3, 0.4) is 0 Å². The third-order valence-electron chi connectivity index (χ3n) is 1.58. The number of carbonyl (C=O) groups is 1. The van der Waals surface area contributed by atoms with Crippen LogP contribution in [0.4, 0.5) is 5.69 Å². The standard InChI is InChI=1S/C10H10N6O/c11-7-6-9(17)13-10(12)15-16-14-8-4-2-1-3-5-8/h1-5H,6H2,(H3,12,13,14,15,17). The number of rotatable bonds is 3. The maximum Gasteiger partial charge on any atom is 0.240 e. The summed E-state index contributed by atoms with van der Waals surface area (Å²) in [6.45, 7) is 0. The first-order valence-corrected chi connectivity index (χ1v) is 4.68. The van der Waals surface area contributed by atoms with Gasteiger partial charge in [-0.1, -0.05) is 23.3 Å². The average molecular weight is 230 g/mol. The van der Waals surface area contributed by atoms with Gasteiger partial charge in [0.15, 0.2) is 0 Å². The third-order valence-corrected chi connectivity index (χ3v) is 1.58. The summed E-state index contributed by atoms with van der Waals surface area (Å²) in [6.07, 6.45) is -0.286. The zero-order valence-electron chi connectivity index (χ0n) is 8.87. The fourth-order valence-corrected chi connectivity index (χ4v) is 0.901. The Hall–Kier alpha value is -2.75. The van der Waals surface area contributed by atoms with E-state index in [9.17, 15) is 4.79 Å². The maximum atomic E-state index is 10.9. The van der Waals surface area contributed by atoms with Crippen molar-refractivity contribution in [2.24, 2.45) is 21.2 Å². The van der Waals surface area contributed by atoms with Crippen molar-refractivity contribution in [3.05, 3.63) is 30.3 Å². The molecule has 7 nitrogen and oxygen atoms in total. The highest BCUT2D eigenvalue weighted by Gasteiger charge is 2.00. The van der Waals surface area contributed by atoms with Gasteiger partial charge >= 0.3 is 0 Å². The van der Waals surface area contributed by atoms with E-state index in [2.05, 4.69) is 20.8 Å². The van der Waals surface area contributed by atoms with Crippen LogP contribution in [-0.2, 0) is 4.79 Å². The quantitative estimate of drug-likeness (QED) is 0.349. The summed E-state index contributed by atoms with van der Waals surface area (Å²) in [6, 6.07) is 10.6. The van der Waals surface area contributed by atoms with E-state index in [0.29, 0.717) is 5.69 Å². The Morgan fingerprint density at radius 3 is 2.76 bits per heavy atom. The Morgan fingerprint density at radius 2 is 2.12 bits per heavy atom. The van der Waals surface area contributed by atoms with Gasteiger partial charge in [0.05, 0.1) is 11.8 Å². The summed E-state index contributed by atoms with van der Waals surface area (Å²) < 4.78 is 0. The van der Waals surface area contributed by atoms with Crippen molar-refractivity contribution in [1.82, 2.24) is 5.32 Å². The number of guanidine groups is 1. The minimum absolute atomic E-state index is 0.204. The second-order valence-electron chi connectivity index (χ2n) is 2.89. The van der Waals surface area contributed by atoms with E-state index in [1.807, 2.05) is 6.07 Å². The summed E-state index contributed by atoms with van der Waals surface area (Å²) >= 11 is 0. The van der Waals surface area contributed by atoms with Gasteiger partial charge in [-0.2, -0.15) is 5.26 Å². The number of nitrogens with zero attached hydrogens (tertiary/aromatic N) is 4. The molecule has 0 aliphatic rings. The molecule has 0 atom stereocenters. The molecule has 0 aromatic heterocycles. The van der Waals surface area contributed by atoms with Gasteiger partial charge in [-0.15, -0.1) is 5.11 Å². The first kappa shape index (κ1) is 12.3. The van der Waals surface area contributed by atoms with Crippen LogP contribution in [0, 0.1) is 11.3 Å². The molecule has 1 rings (SSSR count). The van der Waals surface area contributed by atoms with Gasteiger partial charge in [-0.3, -0.25) is 10.1 Å². The molecule has 0 spiro atoms. The predicted octanol–water partition coefficient (Wildman–Crippen LogP) is 1.03. The number of hydrogen-bond donors (Lipinski definition) is 2. The van der Waals surface area contributed by atoms with E-state index in [1.54, 1.807) is 30.3 Å². The van der Waals surface area contributed by atoms with Crippen LogP contribution in [0.1, 0.15) is 6.42 Å². The van der Waals surface area contributed by atoms with E-state index >= 15 is 0 Å². The summed E-state index contributed by atoms with van der Waals surface area (Å²) in [5.41, 5.74) is 5.94. The molecule has 7 heteroatoms. The van der Waals surface area contributed by atoms with Crippen LogP contribution in [0.25, 0.3) is 0 Å². The Bertz CT molecular complexity index is 473. The fraction of sp³-hybridized carbons (Fsp3) is 0.100. The molecular formula is C10H10N6O. The van der Waals surface area contributed by atoms with Gasteiger partial charge in [0.1, 0.15) is 6.42 Å². The lowest BCUT2D eigenvalue weighted by Crippen LogP contribution is -2.36. The van der Waals surface area contributed by atoms with Crippen molar-refractivity contribution in [2.75, 3.05) is 0 Å². The van der Waals surface area contributed by atoms with Crippen LogP contribution in [0.15, 0.2) is 45.8 Å². The number of amides is 1. The molecule has 3 N–H and O–H groups in total. The zero-order valence-corrected chi connectivity index (χ0v) is 8.87. The minimum Gasteiger partial charge on any atom is -0.368 e. The number of benzene rings is 1. The molecule has 0 fully saturated rings. The van der Waals surface area contributed by atoms with Gasteiger partial charge in [-0.25, -0.2) is 0 Å². The molecule has 86 valence electrons. The molecule has 0 saturated carbocycles. The van der Waals surface area contributed by atoms with Crippen molar-refractivity contribution < 1.29 is 4.79 Å². The molecule has 0 bridgehead atoms. The van der Waals surface area contributed by atoms with Gasteiger partial charge in [0.25, 0.3) is 0 Å². The Kier molecular flexibility index (Phi) is 4.84. The average Bonchev–Trinajstić information content (AvgIpc) is 2.30. The number of hydrogen-bond acceptors (Lipinski definition) is 4. The van der Waals surface area contributed by atoms with Crippen LogP contribution < -0.4 is 11.1 Å². The topological polar surface area (TPSA) is 116 Å². The summed E-state index contributed by atoms with van der Waals surface area (Å²) in [4.78, 5) is 10.9. The molecule has 0 radical (unpaired) electrons. The van der Waals surface area contributed by atoms with Crippen LogP contribution in [0.5, 0.6) is 0 Å². The Morgan fingerprint density at radius 1 is 1.41 bits per heavy atom. The van der Waals surface area contributed by atoms with E-state index in [0.717, 1.165) is 0 Å². The lowest BCUT2D eigenvalue weighted by Gasteiger charge is -1.97. The lowest BCUT2D eigenvalue weighted by molar-refractivity contribution is -0.118. The first-order chi connectivity index (χ1) is 8.22. The number of nitriles is 1. The molecule has 1 amide bonds. The molecule has 1 aromatic carbocycles. The van der Waals surface area contributed by atoms with Gasteiger partial charge in [0.2, 0.25) is 11.9 Å². The lowest BCUT2D eigenvalue weighted by atomic mass is 10.3. The van der Waals surface area contributed by atoms with Gasteiger partial charge in [0, 0.05) is 0 Å². The number of nitrogens with one attached hydrogen (secondary N) is 1. The normalized spacial score (nSPS) is 11.1. The molecule has 0 aliphatic carbocycles.